The number of hydrogen-bond donors (Lipinski definition) is 1. The number of benzene rings is 1. The van der Waals surface area contributed by atoms with Crippen LogP contribution in [0.1, 0.15) is 5.56 Å². The van der Waals surface area contributed by atoms with Gasteiger partial charge >= 0.3 is 0 Å². The second-order valence-electron chi connectivity index (χ2n) is 3.92. The van der Waals surface area contributed by atoms with Crippen molar-refractivity contribution in [2.24, 2.45) is 0 Å². The highest BCUT2D eigenvalue weighted by Crippen LogP contribution is 2.22. The van der Waals surface area contributed by atoms with Crippen LogP contribution in [0.5, 0.6) is 0 Å². The molecular formula is C11H11Cl4NO3S. The topological polar surface area (TPSA) is 63.2 Å². The normalized spacial score (nSPS) is 13.6. The van der Waals surface area contributed by atoms with E-state index < -0.39 is 30.8 Å². The van der Waals surface area contributed by atoms with Crippen LogP contribution in [0.2, 0.25) is 0 Å². The number of amides is 1. The summed E-state index contributed by atoms with van der Waals surface area (Å²) in [5.74, 6) is -0.889. The van der Waals surface area contributed by atoms with Crippen molar-refractivity contribution >= 4 is 62.1 Å². The standard InChI is InChI=1S/C11H11Cl4NO3S/c1-6-2-4-7(5-3-6)20(18,19)11(9(14)15)16-10(17)8(12)13/h2-5,8-9,11H,1H3,(H,16,17). The first-order valence-electron chi connectivity index (χ1n) is 5.33. The minimum absolute atomic E-state index is 0.0135. The summed E-state index contributed by atoms with van der Waals surface area (Å²) < 4.78 is 24.7. The van der Waals surface area contributed by atoms with Crippen LogP contribution in [-0.4, -0.2) is 29.4 Å². The molecule has 1 N–H and O–H groups in total. The summed E-state index contributed by atoms with van der Waals surface area (Å²) in [6.45, 7) is 1.81. The maximum Gasteiger partial charge on any atom is 0.254 e. The molecule has 0 radical (unpaired) electrons. The van der Waals surface area contributed by atoms with Crippen LogP contribution in [0.25, 0.3) is 0 Å². The lowest BCUT2D eigenvalue weighted by molar-refractivity contribution is -0.119. The molecule has 112 valence electrons. The monoisotopic (exact) mass is 377 g/mol. The van der Waals surface area contributed by atoms with E-state index in [1.165, 1.54) is 12.1 Å². The van der Waals surface area contributed by atoms with Crippen LogP contribution in [-0.2, 0) is 14.6 Å². The van der Waals surface area contributed by atoms with Crippen LogP contribution in [0.3, 0.4) is 0 Å². The molecule has 1 amide bonds. The lowest BCUT2D eigenvalue weighted by atomic mass is 10.2. The van der Waals surface area contributed by atoms with Gasteiger partial charge in [0.05, 0.1) is 4.90 Å². The van der Waals surface area contributed by atoms with Gasteiger partial charge in [-0.15, -0.1) is 23.2 Å². The van der Waals surface area contributed by atoms with Gasteiger partial charge in [-0.25, -0.2) is 8.42 Å². The SMILES string of the molecule is Cc1ccc(S(=O)(=O)C(NC(=O)C(Cl)Cl)C(Cl)Cl)cc1. The predicted molar refractivity (Wildman–Crippen MR) is 81.3 cm³/mol. The van der Waals surface area contributed by atoms with Crippen LogP contribution in [0, 0.1) is 6.92 Å². The third-order valence-electron chi connectivity index (χ3n) is 2.40. The molecule has 0 bridgehead atoms. The Bertz CT molecular complexity index is 572. The molecule has 0 spiro atoms. The fourth-order valence-corrected chi connectivity index (χ4v) is 3.77. The summed E-state index contributed by atoms with van der Waals surface area (Å²) in [4.78, 5) is 8.62. The highest BCUT2D eigenvalue weighted by atomic mass is 35.5. The number of carbonyl (C=O) groups excluding carboxylic acids is 1. The molecule has 1 aromatic carbocycles. The highest BCUT2D eigenvalue weighted by Gasteiger charge is 2.35. The van der Waals surface area contributed by atoms with E-state index in [9.17, 15) is 13.2 Å². The molecule has 0 fully saturated rings. The number of nitrogens with one attached hydrogen (secondary N) is 1. The van der Waals surface area contributed by atoms with Gasteiger partial charge in [-0.2, -0.15) is 0 Å². The molecule has 1 rings (SSSR count). The molecule has 0 aliphatic heterocycles. The third-order valence-corrected chi connectivity index (χ3v) is 5.58. The van der Waals surface area contributed by atoms with E-state index in [0.717, 1.165) is 5.56 Å². The van der Waals surface area contributed by atoms with E-state index in [2.05, 4.69) is 5.32 Å². The number of rotatable bonds is 5. The molecule has 20 heavy (non-hydrogen) atoms. The second kappa shape index (κ2) is 7.18. The Kier molecular flexibility index (Phi) is 6.41. The Morgan fingerprint density at radius 2 is 1.60 bits per heavy atom. The summed E-state index contributed by atoms with van der Waals surface area (Å²) in [5, 5.41) is 0.574. The number of alkyl halides is 4. The van der Waals surface area contributed by atoms with Gasteiger partial charge in [-0.1, -0.05) is 40.9 Å². The molecule has 1 atom stereocenters. The lowest BCUT2D eigenvalue weighted by Crippen LogP contribution is -2.46. The number of aryl methyl sites for hydroxylation is 1. The van der Waals surface area contributed by atoms with Crippen molar-refractivity contribution in [2.45, 2.75) is 26.9 Å². The van der Waals surface area contributed by atoms with Crippen LogP contribution in [0.15, 0.2) is 29.2 Å². The fourth-order valence-electron chi connectivity index (χ4n) is 1.35. The molecule has 0 saturated carbocycles. The van der Waals surface area contributed by atoms with Gasteiger partial charge in [0.2, 0.25) is 9.84 Å². The molecule has 0 heterocycles. The van der Waals surface area contributed by atoms with Gasteiger partial charge in [0.25, 0.3) is 5.91 Å². The Balaban J connectivity index is 3.13. The van der Waals surface area contributed by atoms with Gasteiger partial charge < -0.3 is 5.32 Å². The molecule has 4 nitrogen and oxygen atoms in total. The number of sulfone groups is 1. The van der Waals surface area contributed by atoms with Gasteiger partial charge in [-0.3, -0.25) is 4.79 Å². The van der Waals surface area contributed by atoms with E-state index >= 15 is 0 Å². The summed E-state index contributed by atoms with van der Waals surface area (Å²) in [7, 11) is -3.96. The number of hydrogen-bond acceptors (Lipinski definition) is 3. The molecule has 0 aliphatic carbocycles. The van der Waals surface area contributed by atoms with Crippen LogP contribution < -0.4 is 5.32 Å². The Labute approximate surface area is 137 Å². The minimum atomic E-state index is -3.96. The maximum atomic E-state index is 12.4. The van der Waals surface area contributed by atoms with Gasteiger partial charge in [0.1, 0.15) is 4.84 Å². The smallest absolute Gasteiger partial charge is 0.254 e. The molecule has 0 aliphatic rings. The van der Waals surface area contributed by atoms with Crippen LogP contribution >= 0.6 is 46.4 Å². The van der Waals surface area contributed by atoms with Gasteiger partial charge in [0, 0.05) is 0 Å². The zero-order valence-electron chi connectivity index (χ0n) is 10.2. The molecule has 0 saturated heterocycles. The van der Waals surface area contributed by atoms with E-state index in [4.69, 9.17) is 46.4 Å². The quantitative estimate of drug-likeness (QED) is 0.801. The van der Waals surface area contributed by atoms with Crippen molar-refractivity contribution in [2.75, 3.05) is 0 Å². The van der Waals surface area contributed by atoms with E-state index in [1.807, 2.05) is 6.92 Å². The first kappa shape index (κ1) is 17.9. The number of halogens is 4. The Morgan fingerprint density at radius 3 is 2.00 bits per heavy atom. The van der Waals surface area contributed by atoms with Crippen molar-refractivity contribution < 1.29 is 13.2 Å². The molecule has 9 heteroatoms. The van der Waals surface area contributed by atoms with Gasteiger partial charge in [0.15, 0.2) is 10.2 Å². The highest BCUT2D eigenvalue weighted by molar-refractivity contribution is 7.92. The second-order valence-corrected chi connectivity index (χ2v) is 8.25. The van der Waals surface area contributed by atoms with Gasteiger partial charge in [-0.05, 0) is 19.1 Å². The number of carbonyl (C=O) groups is 1. The molecule has 1 unspecified atom stereocenters. The van der Waals surface area contributed by atoms with E-state index in [1.54, 1.807) is 12.1 Å². The average Bonchev–Trinajstić information content (AvgIpc) is 2.35. The van der Waals surface area contributed by atoms with Crippen molar-refractivity contribution in [3.8, 4) is 0 Å². The summed E-state index contributed by atoms with van der Waals surface area (Å²) >= 11 is 22.0. The van der Waals surface area contributed by atoms with Crippen molar-refractivity contribution in [1.82, 2.24) is 5.32 Å². The average molecular weight is 379 g/mol. The van der Waals surface area contributed by atoms with Crippen molar-refractivity contribution in [3.05, 3.63) is 29.8 Å². The molecular weight excluding hydrogens is 368 g/mol. The fraction of sp³-hybridized carbons (Fsp3) is 0.364. The largest absolute Gasteiger partial charge is 0.335 e. The lowest BCUT2D eigenvalue weighted by Gasteiger charge is -2.20. The predicted octanol–water partition coefficient (Wildman–Crippen LogP) is 2.82. The van der Waals surface area contributed by atoms with Crippen molar-refractivity contribution in [3.63, 3.8) is 0 Å². The van der Waals surface area contributed by atoms with E-state index in [0.29, 0.717) is 0 Å². The summed E-state index contributed by atoms with van der Waals surface area (Å²) in [6.07, 6.45) is 0. The summed E-state index contributed by atoms with van der Waals surface area (Å²) in [6, 6.07) is 6.04. The third kappa shape index (κ3) is 4.40. The summed E-state index contributed by atoms with van der Waals surface area (Å²) in [5.41, 5.74) is 0.888. The van der Waals surface area contributed by atoms with E-state index in [-0.39, 0.29) is 4.90 Å². The maximum absolute atomic E-state index is 12.4. The minimum Gasteiger partial charge on any atom is -0.335 e. The molecule has 1 aromatic rings. The van der Waals surface area contributed by atoms with Crippen molar-refractivity contribution in [1.29, 1.82) is 0 Å². The molecule has 0 aromatic heterocycles. The first-order valence-corrected chi connectivity index (χ1v) is 8.62. The zero-order chi connectivity index (χ0) is 15.5. The zero-order valence-corrected chi connectivity index (χ0v) is 14.0. The first-order chi connectivity index (χ1) is 9.16. The Hall–Kier alpha value is -0.200. The van der Waals surface area contributed by atoms with Crippen LogP contribution in [0.4, 0.5) is 0 Å². The Morgan fingerprint density at radius 1 is 1.10 bits per heavy atom.